The number of carbonyl (C=O) groups is 1. The zero-order chi connectivity index (χ0) is 15.4. The van der Waals surface area contributed by atoms with E-state index in [-0.39, 0.29) is 12.2 Å². The van der Waals surface area contributed by atoms with Crippen LogP contribution in [0.3, 0.4) is 0 Å². The van der Waals surface area contributed by atoms with E-state index in [2.05, 4.69) is 5.10 Å². The van der Waals surface area contributed by atoms with Gasteiger partial charge in [0.05, 0.1) is 29.4 Å². The number of rotatable bonds is 6. The summed E-state index contributed by atoms with van der Waals surface area (Å²) in [5, 5.41) is 4.91. The fraction of sp³-hybridized carbons (Fsp3) is 0.375. The third kappa shape index (κ3) is 3.45. The lowest BCUT2D eigenvalue weighted by molar-refractivity contribution is 0.0990. The summed E-state index contributed by atoms with van der Waals surface area (Å²) in [5.41, 5.74) is 2.14. The SMILES string of the molecule is CCOc1cccc(C(=O)Cc2c(Cl)c(C)nn2CC)c1. The largest absolute Gasteiger partial charge is 0.494 e. The molecule has 0 radical (unpaired) electrons. The second-order valence-corrected chi connectivity index (χ2v) is 5.10. The highest BCUT2D eigenvalue weighted by molar-refractivity contribution is 6.32. The number of nitrogens with zero attached hydrogens (tertiary/aromatic N) is 2. The van der Waals surface area contributed by atoms with Crippen molar-refractivity contribution in [3.8, 4) is 5.75 Å². The average molecular weight is 307 g/mol. The number of halogens is 1. The molecule has 0 aliphatic rings. The van der Waals surface area contributed by atoms with Crippen LogP contribution in [0.1, 0.15) is 35.6 Å². The molecule has 1 heterocycles. The smallest absolute Gasteiger partial charge is 0.168 e. The summed E-state index contributed by atoms with van der Waals surface area (Å²) in [5.74, 6) is 0.711. The van der Waals surface area contributed by atoms with E-state index >= 15 is 0 Å². The lowest BCUT2D eigenvalue weighted by atomic mass is 10.1. The molecule has 0 aliphatic carbocycles. The van der Waals surface area contributed by atoms with Crippen LogP contribution in [0.15, 0.2) is 24.3 Å². The van der Waals surface area contributed by atoms with E-state index in [0.717, 1.165) is 11.4 Å². The quantitative estimate of drug-likeness (QED) is 0.765. The maximum Gasteiger partial charge on any atom is 0.168 e. The van der Waals surface area contributed by atoms with E-state index in [0.29, 0.717) is 29.5 Å². The highest BCUT2D eigenvalue weighted by Gasteiger charge is 2.17. The summed E-state index contributed by atoms with van der Waals surface area (Å²) in [4.78, 5) is 12.4. The number of ketones is 1. The van der Waals surface area contributed by atoms with Gasteiger partial charge in [0.15, 0.2) is 5.78 Å². The Labute approximate surface area is 129 Å². The Bertz CT molecular complexity index is 650. The third-order valence-electron chi connectivity index (χ3n) is 3.25. The lowest BCUT2D eigenvalue weighted by Gasteiger charge is -2.07. The minimum Gasteiger partial charge on any atom is -0.494 e. The molecule has 0 bridgehead atoms. The summed E-state index contributed by atoms with van der Waals surface area (Å²) >= 11 is 6.24. The molecule has 0 atom stereocenters. The summed E-state index contributed by atoms with van der Waals surface area (Å²) in [6.07, 6.45) is 0.239. The second kappa shape index (κ2) is 6.76. The number of hydrogen-bond acceptors (Lipinski definition) is 3. The van der Waals surface area contributed by atoms with Gasteiger partial charge in [-0.1, -0.05) is 23.7 Å². The Morgan fingerprint density at radius 2 is 2.14 bits per heavy atom. The van der Waals surface area contributed by atoms with Crippen molar-refractivity contribution in [2.75, 3.05) is 6.61 Å². The summed E-state index contributed by atoms with van der Waals surface area (Å²) in [6, 6.07) is 7.22. The van der Waals surface area contributed by atoms with Crippen LogP contribution in [0.25, 0.3) is 0 Å². The molecule has 0 aliphatic heterocycles. The van der Waals surface area contributed by atoms with E-state index in [9.17, 15) is 4.79 Å². The summed E-state index contributed by atoms with van der Waals surface area (Å²) < 4.78 is 7.20. The Morgan fingerprint density at radius 3 is 2.81 bits per heavy atom. The Balaban J connectivity index is 2.24. The predicted molar refractivity (Wildman–Crippen MR) is 83.3 cm³/mol. The van der Waals surface area contributed by atoms with E-state index in [4.69, 9.17) is 16.3 Å². The molecule has 0 saturated heterocycles. The molecule has 0 spiro atoms. The molecule has 0 unspecified atom stereocenters. The highest BCUT2D eigenvalue weighted by Crippen LogP contribution is 2.23. The standard InChI is InChI=1S/C16H19ClN2O2/c1-4-19-14(16(17)11(3)18-19)10-15(20)12-7-6-8-13(9-12)21-5-2/h6-9H,4-5,10H2,1-3H3. The number of ether oxygens (including phenoxy) is 1. The van der Waals surface area contributed by atoms with Crippen molar-refractivity contribution in [2.24, 2.45) is 0 Å². The molecule has 1 aromatic heterocycles. The van der Waals surface area contributed by atoms with Crippen LogP contribution in [0.4, 0.5) is 0 Å². The van der Waals surface area contributed by atoms with Gasteiger partial charge in [0.25, 0.3) is 0 Å². The first-order valence-corrected chi connectivity index (χ1v) is 7.42. The van der Waals surface area contributed by atoms with Gasteiger partial charge in [-0.05, 0) is 32.9 Å². The Morgan fingerprint density at radius 1 is 1.38 bits per heavy atom. The monoisotopic (exact) mass is 306 g/mol. The zero-order valence-electron chi connectivity index (χ0n) is 12.5. The van der Waals surface area contributed by atoms with Gasteiger partial charge >= 0.3 is 0 Å². The molecule has 2 rings (SSSR count). The van der Waals surface area contributed by atoms with Gasteiger partial charge in [0.1, 0.15) is 5.75 Å². The van der Waals surface area contributed by atoms with E-state index in [1.54, 1.807) is 16.8 Å². The number of carbonyl (C=O) groups excluding carboxylic acids is 1. The lowest BCUT2D eigenvalue weighted by Crippen LogP contribution is -2.10. The van der Waals surface area contributed by atoms with Crippen LogP contribution in [0.2, 0.25) is 5.02 Å². The van der Waals surface area contributed by atoms with Crippen LogP contribution in [0.5, 0.6) is 5.75 Å². The van der Waals surface area contributed by atoms with Gasteiger partial charge in [-0.2, -0.15) is 5.10 Å². The van der Waals surface area contributed by atoms with Crippen molar-refractivity contribution >= 4 is 17.4 Å². The number of aromatic nitrogens is 2. The van der Waals surface area contributed by atoms with Crippen LogP contribution < -0.4 is 4.74 Å². The molecule has 0 amide bonds. The van der Waals surface area contributed by atoms with Crippen molar-refractivity contribution in [3.05, 3.63) is 46.2 Å². The maximum absolute atomic E-state index is 12.4. The van der Waals surface area contributed by atoms with Crippen LogP contribution in [-0.2, 0) is 13.0 Å². The molecule has 2 aromatic rings. The number of aryl methyl sites for hydroxylation is 2. The summed E-state index contributed by atoms with van der Waals surface area (Å²) in [7, 11) is 0. The van der Waals surface area contributed by atoms with E-state index < -0.39 is 0 Å². The van der Waals surface area contributed by atoms with Gasteiger partial charge in [0.2, 0.25) is 0 Å². The first kappa shape index (κ1) is 15.6. The van der Waals surface area contributed by atoms with Crippen molar-refractivity contribution in [1.29, 1.82) is 0 Å². The fourth-order valence-corrected chi connectivity index (χ4v) is 2.42. The van der Waals surface area contributed by atoms with Crippen LogP contribution in [0, 0.1) is 6.92 Å². The van der Waals surface area contributed by atoms with Crippen LogP contribution >= 0.6 is 11.6 Å². The Hall–Kier alpha value is -1.81. The van der Waals surface area contributed by atoms with E-state index in [1.165, 1.54) is 0 Å². The van der Waals surface area contributed by atoms with Gasteiger partial charge in [-0.3, -0.25) is 9.48 Å². The van der Waals surface area contributed by atoms with Gasteiger partial charge in [-0.25, -0.2) is 0 Å². The number of benzene rings is 1. The molecule has 0 fully saturated rings. The van der Waals surface area contributed by atoms with Gasteiger partial charge < -0.3 is 4.74 Å². The van der Waals surface area contributed by atoms with Crippen molar-refractivity contribution in [1.82, 2.24) is 9.78 Å². The number of hydrogen-bond donors (Lipinski definition) is 0. The van der Waals surface area contributed by atoms with Gasteiger partial charge in [0, 0.05) is 12.1 Å². The first-order valence-electron chi connectivity index (χ1n) is 7.04. The van der Waals surface area contributed by atoms with Crippen molar-refractivity contribution in [3.63, 3.8) is 0 Å². The topological polar surface area (TPSA) is 44.1 Å². The van der Waals surface area contributed by atoms with Crippen LogP contribution in [-0.4, -0.2) is 22.2 Å². The maximum atomic E-state index is 12.4. The second-order valence-electron chi connectivity index (χ2n) is 4.72. The third-order valence-corrected chi connectivity index (χ3v) is 3.74. The molecule has 4 nitrogen and oxygen atoms in total. The molecule has 5 heteroatoms. The van der Waals surface area contributed by atoms with Gasteiger partial charge in [-0.15, -0.1) is 0 Å². The fourth-order valence-electron chi connectivity index (χ4n) is 2.22. The minimum absolute atomic E-state index is 0.00746. The summed E-state index contributed by atoms with van der Waals surface area (Å²) in [6.45, 7) is 7.00. The molecule has 0 saturated carbocycles. The molecule has 21 heavy (non-hydrogen) atoms. The van der Waals surface area contributed by atoms with Crippen molar-refractivity contribution in [2.45, 2.75) is 33.7 Å². The van der Waals surface area contributed by atoms with E-state index in [1.807, 2.05) is 32.9 Å². The number of Topliss-reactive ketones (excluding diaryl/α,β-unsaturated/α-hetero) is 1. The Kier molecular flexibility index (Phi) is 5.02. The molecular formula is C16H19ClN2O2. The zero-order valence-corrected chi connectivity index (χ0v) is 13.3. The minimum atomic E-state index is 0.00746. The molecular weight excluding hydrogens is 288 g/mol. The molecule has 112 valence electrons. The predicted octanol–water partition coefficient (Wildman–Crippen LogP) is 3.69. The molecule has 1 aromatic carbocycles. The first-order chi connectivity index (χ1) is 10.1. The average Bonchev–Trinajstić information content (AvgIpc) is 2.75. The van der Waals surface area contributed by atoms with Crippen molar-refractivity contribution < 1.29 is 9.53 Å². The molecule has 0 N–H and O–H groups in total. The highest BCUT2D eigenvalue weighted by atomic mass is 35.5. The normalized spacial score (nSPS) is 10.7.